The number of hydrogen-bond acceptors (Lipinski definition) is 13. The molecule has 0 fully saturated rings. The summed E-state index contributed by atoms with van der Waals surface area (Å²) in [6, 6.07) is 0. The van der Waals surface area contributed by atoms with Gasteiger partial charge in [-0.05, 0) is 45.4 Å². The number of aliphatic hydroxyl groups excluding tert-OH is 1. The molecular weight excluding hydrogens is 559 g/mol. The molecule has 0 saturated heterocycles. The molecule has 0 aliphatic carbocycles. The minimum Gasteiger partial charge on any atom is -0.476 e. The summed E-state index contributed by atoms with van der Waals surface area (Å²) in [5.41, 5.74) is 5.73. The highest BCUT2D eigenvalue weighted by Crippen LogP contribution is 2.43. The molecule has 3 unspecified atom stereocenters. The molecule has 1 aromatic heterocycles. The van der Waals surface area contributed by atoms with E-state index < -0.39 is 25.3 Å². The van der Waals surface area contributed by atoms with Gasteiger partial charge in [-0.15, -0.1) is 0 Å². The number of anilines is 3. The number of ether oxygens (including phenoxy) is 2. The largest absolute Gasteiger partial charge is 0.476 e. The maximum absolute atomic E-state index is 12.2. The predicted molar refractivity (Wildman–Crippen MR) is 155 cm³/mol. The average molecular weight is 609 g/mol. The van der Waals surface area contributed by atoms with E-state index in [2.05, 4.69) is 25.9 Å². The predicted octanol–water partition coefficient (Wildman–Crippen LogP) is 2.45. The van der Waals surface area contributed by atoms with Gasteiger partial charge in [-0.25, -0.2) is 4.57 Å². The molecule has 238 valence electrons. The van der Waals surface area contributed by atoms with E-state index in [9.17, 15) is 24.5 Å². The number of nitrogens with one attached hydrogen (secondary N) is 3. The van der Waals surface area contributed by atoms with Crippen molar-refractivity contribution in [2.75, 3.05) is 56.4 Å². The molecule has 1 heterocycles. The monoisotopic (exact) mass is 608 g/mol. The molecule has 0 aromatic carbocycles. The van der Waals surface area contributed by atoms with E-state index in [1.54, 1.807) is 14.0 Å². The molecule has 15 nitrogen and oxygen atoms in total. The van der Waals surface area contributed by atoms with Crippen molar-refractivity contribution >= 4 is 31.2 Å². The summed E-state index contributed by atoms with van der Waals surface area (Å²) in [5, 5.41) is 28.8. The van der Waals surface area contributed by atoms with E-state index in [1.807, 2.05) is 20.8 Å². The number of nitrogens with two attached hydrogens (primary N) is 1. The van der Waals surface area contributed by atoms with E-state index in [0.717, 1.165) is 0 Å². The number of rotatable bonds is 21. The summed E-state index contributed by atoms with van der Waals surface area (Å²) in [4.78, 5) is 30.2. The van der Waals surface area contributed by atoms with E-state index in [0.29, 0.717) is 31.6 Å². The molecule has 1 amide bonds. The van der Waals surface area contributed by atoms with Crippen molar-refractivity contribution in [1.29, 1.82) is 0 Å². The van der Waals surface area contributed by atoms with Crippen molar-refractivity contribution in [2.45, 2.75) is 79.2 Å². The minimum absolute atomic E-state index is 0.0122. The number of aliphatic hydroxyl groups is 2. The van der Waals surface area contributed by atoms with Crippen LogP contribution in [-0.4, -0.2) is 83.0 Å². The van der Waals surface area contributed by atoms with Gasteiger partial charge < -0.3 is 46.3 Å². The Bertz CT molecular complexity index is 993. The number of amides is 1. The Morgan fingerprint density at radius 3 is 2.37 bits per heavy atom. The van der Waals surface area contributed by atoms with Gasteiger partial charge in [0.05, 0.1) is 26.4 Å². The average Bonchev–Trinajstić information content (AvgIpc) is 2.84. The van der Waals surface area contributed by atoms with Gasteiger partial charge in [0.1, 0.15) is 11.9 Å². The number of phosphoric acid groups is 1. The molecule has 1 aromatic rings. The smallest absolute Gasteiger partial charge is 0.472 e. The lowest BCUT2D eigenvalue weighted by Gasteiger charge is -2.28. The van der Waals surface area contributed by atoms with Crippen molar-refractivity contribution in [3.63, 3.8) is 0 Å². The van der Waals surface area contributed by atoms with Crippen LogP contribution in [0.15, 0.2) is 0 Å². The van der Waals surface area contributed by atoms with Gasteiger partial charge >= 0.3 is 7.82 Å². The zero-order chi connectivity index (χ0) is 31.3. The summed E-state index contributed by atoms with van der Waals surface area (Å²) < 4.78 is 32.9. The molecule has 0 bridgehead atoms. The highest BCUT2D eigenvalue weighted by atomic mass is 31.2. The second-order valence-corrected chi connectivity index (χ2v) is 12.4. The fourth-order valence-corrected chi connectivity index (χ4v) is 4.28. The normalized spacial score (nSPS) is 15.1. The summed E-state index contributed by atoms with van der Waals surface area (Å²) in [7, 11) is -2.60. The van der Waals surface area contributed by atoms with Gasteiger partial charge in [0.2, 0.25) is 17.7 Å². The van der Waals surface area contributed by atoms with E-state index in [-0.39, 0.29) is 62.3 Å². The SMILES string of the molecule is CCOc1nc(N)nc(NC(O)C(C)CCCOP(=O)(O)OCCCNC(=O)CC(C)(C)COC(C)(C)O)c1NC. The van der Waals surface area contributed by atoms with Crippen LogP contribution in [0.5, 0.6) is 5.88 Å². The molecule has 8 N–H and O–H groups in total. The van der Waals surface area contributed by atoms with Gasteiger partial charge in [0, 0.05) is 25.9 Å². The Kier molecular flexibility index (Phi) is 15.2. The first-order valence-corrected chi connectivity index (χ1v) is 15.2. The number of carbonyl (C=O) groups is 1. The quantitative estimate of drug-likeness (QED) is 0.0606. The number of aromatic nitrogens is 2. The summed E-state index contributed by atoms with van der Waals surface area (Å²) in [5.74, 6) is -1.22. The Morgan fingerprint density at radius 2 is 1.78 bits per heavy atom. The van der Waals surface area contributed by atoms with Crippen molar-refractivity contribution in [3.8, 4) is 5.88 Å². The minimum atomic E-state index is -4.27. The number of nitrogens with zero attached hydrogens (tertiary/aromatic N) is 2. The van der Waals surface area contributed by atoms with E-state index in [1.165, 1.54) is 13.8 Å². The van der Waals surface area contributed by atoms with Crippen LogP contribution in [0.3, 0.4) is 0 Å². The summed E-state index contributed by atoms with van der Waals surface area (Å²) >= 11 is 0. The lowest BCUT2D eigenvalue weighted by Crippen LogP contribution is -2.35. The van der Waals surface area contributed by atoms with Gasteiger partial charge in [0.15, 0.2) is 11.6 Å². The zero-order valence-electron chi connectivity index (χ0n) is 25.2. The third-order valence-corrected chi connectivity index (χ3v) is 6.68. The molecule has 41 heavy (non-hydrogen) atoms. The molecule has 0 spiro atoms. The van der Waals surface area contributed by atoms with Crippen LogP contribution in [0.1, 0.15) is 67.2 Å². The topological polar surface area (TPSA) is 220 Å². The first kappa shape index (κ1) is 36.8. The van der Waals surface area contributed by atoms with Crippen LogP contribution in [0.4, 0.5) is 17.5 Å². The molecule has 0 radical (unpaired) electrons. The molecule has 1 rings (SSSR count). The first-order chi connectivity index (χ1) is 19.0. The molecule has 16 heteroatoms. The second-order valence-electron chi connectivity index (χ2n) is 10.9. The Labute approximate surface area is 242 Å². The number of nitrogen functional groups attached to an aromatic ring is 1. The Morgan fingerprint density at radius 1 is 1.15 bits per heavy atom. The summed E-state index contributed by atoms with van der Waals surface area (Å²) in [6.07, 6.45) is 0.337. The Hall–Kier alpha value is -2.26. The second kappa shape index (κ2) is 17.0. The van der Waals surface area contributed by atoms with Crippen molar-refractivity contribution in [1.82, 2.24) is 15.3 Å². The molecule has 0 aliphatic heterocycles. The molecule has 0 saturated carbocycles. The molecule has 0 aliphatic rings. The third kappa shape index (κ3) is 15.5. The van der Waals surface area contributed by atoms with Gasteiger partial charge in [0.25, 0.3) is 0 Å². The lowest BCUT2D eigenvalue weighted by atomic mass is 9.90. The van der Waals surface area contributed by atoms with Crippen LogP contribution >= 0.6 is 7.82 Å². The maximum Gasteiger partial charge on any atom is 0.472 e. The van der Waals surface area contributed by atoms with Crippen LogP contribution in [0.2, 0.25) is 0 Å². The fourth-order valence-electron chi connectivity index (χ4n) is 3.49. The number of hydrogen-bond donors (Lipinski definition) is 7. The fraction of sp³-hybridized carbons (Fsp3) is 0.800. The van der Waals surface area contributed by atoms with Gasteiger partial charge in [-0.3, -0.25) is 13.8 Å². The van der Waals surface area contributed by atoms with Crippen LogP contribution in [0.25, 0.3) is 0 Å². The van der Waals surface area contributed by atoms with Crippen molar-refractivity contribution < 1.29 is 43.0 Å². The standard InChI is InChI=1S/C25H49N6O9P/c1-8-37-22-19(27-7)20(30-23(26)31-22)29-21(33)17(2)11-9-13-39-41(35,36)40-14-10-12-28-18(32)15-24(3,4)16-38-25(5,6)34/h17,21,27,33-34H,8-16H2,1-7H3,(H,28,32)(H,35,36)(H3,26,29,30,31). The van der Waals surface area contributed by atoms with E-state index in [4.69, 9.17) is 24.3 Å². The Balaban J connectivity index is 2.34. The van der Waals surface area contributed by atoms with Gasteiger partial charge in [-0.2, -0.15) is 9.97 Å². The van der Waals surface area contributed by atoms with Crippen LogP contribution in [0, 0.1) is 11.3 Å². The van der Waals surface area contributed by atoms with Crippen LogP contribution in [-0.2, 0) is 23.1 Å². The van der Waals surface area contributed by atoms with Crippen LogP contribution < -0.4 is 26.4 Å². The molecule has 3 atom stereocenters. The highest BCUT2D eigenvalue weighted by Gasteiger charge is 2.26. The number of phosphoric ester groups is 1. The molecular formula is C25H49N6O9P. The maximum atomic E-state index is 12.2. The first-order valence-electron chi connectivity index (χ1n) is 13.7. The summed E-state index contributed by atoms with van der Waals surface area (Å²) in [6.45, 7) is 11.0. The van der Waals surface area contributed by atoms with E-state index >= 15 is 0 Å². The van der Waals surface area contributed by atoms with Crippen molar-refractivity contribution in [2.24, 2.45) is 11.3 Å². The third-order valence-electron chi connectivity index (χ3n) is 5.66. The highest BCUT2D eigenvalue weighted by molar-refractivity contribution is 7.47. The van der Waals surface area contributed by atoms with Gasteiger partial charge in [-0.1, -0.05) is 20.8 Å². The zero-order valence-corrected chi connectivity index (χ0v) is 26.1. The lowest BCUT2D eigenvalue weighted by molar-refractivity contribution is -0.192. The van der Waals surface area contributed by atoms with Crippen molar-refractivity contribution in [3.05, 3.63) is 0 Å². The number of carbonyl (C=O) groups excluding carboxylic acids is 1.